The van der Waals surface area contributed by atoms with E-state index >= 15 is 0 Å². The maximum atomic E-state index is 2.34. The van der Waals surface area contributed by atoms with E-state index in [2.05, 4.69) is 71.5 Å². The standard InChI is InChI=1S/C16H14N2/c1-11-7-8-12-10-16-17(2)13-5-3-4-6-14(13)18(16)15(12)9-11/h3-10H,1-2H3. The number of hydrogen-bond acceptors (Lipinski definition) is 0. The van der Waals surface area contributed by atoms with Crippen molar-refractivity contribution in [3.63, 3.8) is 0 Å². The number of hydrogen-bond donors (Lipinski definition) is 0. The largest absolute Gasteiger partial charge is 0.329 e. The molecule has 0 saturated carbocycles. The topological polar surface area (TPSA) is 9.34 Å². The van der Waals surface area contributed by atoms with E-state index in [0.29, 0.717) is 0 Å². The van der Waals surface area contributed by atoms with E-state index in [1.54, 1.807) is 0 Å². The predicted molar refractivity (Wildman–Crippen MR) is 76.1 cm³/mol. The summed E-state index contributed by atoms with van der Waals surface area (Å²) < 4.78 is 4.60. The van der Waals surface area contributed by atoms with Gasteiger partial charge >= 0.3 is 0 Å². The molecule has 0 N–H and O–H groups in total. The molecular weight excluding hydrogens is 220 g/mol. The summed E-state index contributed by atoms with van der Waals surface area (Å²) in [7, 11) is 2.13. The van der Waals surface area contributed by atoms with E-state index in [4.69, 9.17) is 0 Å². The maximum Gasteiger partial charge on any atom is 0.118 e. The summed E-state index contributed by atoms with van der Waals surface area (Å²) in [6.45, 7) is 2.14. The first-order chi connectivity index (χ1) is 8.75. The molecule has 0 unspecified atom stereocenters. The summed E-state index contributed by atoms with van der Waals surface area (Å²) in [6.07, 6.45) is 0. The van der Waals surface area contributed by atoms with Crippen LogP contribution in [0.1, 0.15) is 5.56 Å². The van der Waals surface area contributed by atoms with Gasteiger partial charge in [0.15, 0.2) is 0 Å². The second-order valence-electron chi connectivity index (χ2n) is 4.95. The summed E-state index contributed by atoms with van der Waals surface area (Å²) in [6, 6.07) is 17.4. The molecule has 0 aliphatic heterocycles. The van der Waals surface area contributed by atoms with Crippen molar-refractivity contribution in [2.75, 3.05) is 0 Å². The average molecular weight is 234 g/mol. The third-order valence-electron chi connectivity index (χ3n) is 3.77. The Bertz CT molecular complexity index is 894. The number of imidazole rings is 1. The predicted octanol–water partition coefficient (Wildman–Crippen LogP) is 3.89. The van der Waals surface area contributed by atoms with Crippen molar-refractivity contribution in [3.8, 4) is 0 Å². The zero-order valence-electron chi connectivity index (χ0n) is 10.5. The van der Waals surface area contributed by atoms with Gasteiger partial charge in [0.2, 0.25) is 0 Å². The molecule has 0 amide bonds. The number of rotatable bonds is 0. The van der Waals surface area contributed by atoms with Gasteiger partial charge in [-0.25, -0.2) is 0 Å². The normalized spacial score (nSPS) is 11.9. The lowest BCUT2D eigenvalue weighted by Gasteiger charge is -1.97. The van der Waals surface area contributed by atoms with Gasteiger partial charge in [-0.3, -0.25) is 4.40 Å². The van der Waals surface area contributed by atoms with Gasteiger partial charge in [-0.2, -0.15) is 0 Å². The zero-order valence-corrected chi connectivity index (χ0v) is 10.5. The Kier molecular flexibility index (Phi) is 1.72. The molecule has 2 aromatic carbocycles. The lowest BCUT2D eigenvalue weighted by atomic mass is 10.2. The van der Waals surface area contributed by atoms with Gasteiger partial charge in [0.1, 0.15) is 5.65 Å². The van der Waals surface area contributed by atoms with Crippen LogP contribution in [0.15, 0.2) is 48.5 Å². The summed E-state index contributed by atoms with van der Waals surface area (Å²) in [5, 5.41) is 1.30. The molecule has 0 aliphatic rings. The minimum atomic E-state index is 1.25. The lowest BCUT2D eigenvalue weighted by Crippen LogP contribution is -1.85. The molecule has 2 heterocycles. The van der Waals surface area contributed by atoms with E-state index in [1.165, 1.54) is 33.1 Å². The fourth-order valence-electron chi connectivity index (χ4n) is 2.86. The molecule has 0 saturated heterocycles. The number of aryl methyl sites for hydroxylation is 2. The Morgan fingerprint density at radius 3 is 2.44 bits per heavy atom. The van der Waals surface area contributed by atoms with Crippen molar-refractivity contribution < 1.29 is 0 Å². The Labute approximate surface area is 105 Å². The van der Waals surface area contributed by atoms with Crippen LogP contribution in [-0.2, 0) is 7.05 Å². The summed E-state index contributed by atoms with van der Waals surface area (Å²) >= 11 is 0. The second-order valence-corrected chi connectivity index (χ2v) is 4.95. The second kappa shape index (κ2) is 3.16. The van der Waals surface area contributed by atoms with Gasteiger partial charge in [0.25, 0.3) is 0 Å². The summed E-state index contributed by atoms with van der Waals surface area (Å²) in [5.74, 6) is 0. The first-order valence-corrected chi connectivity index (χ1v) is 6.21. The van der Waals surface area contributed by atoms with Gasteiger partial charge < -0.3 is 4.57 Å². The van der Waals surface area contributed by atoms with Crippen LogP contribution in [0.5, 0.6) is 0 Å². The van der Waals surface area contributed by atoms with Crippen molar-refractivity contribution in [1.29, 1.82) is 0 Å². The minimum absolute atomic E-state index is 1.25. The fraction of sp³-hybridized carbons (Fsp3) is 0.125. The van der Waals surface area contributed by atoms with E-state index in [0.717, 1.165) is 0 Å². The molecule has 0 radical (unpaired) electrons. The van der Waals surface area contributed by atoms with Gasteiger partial charge in [-0.1, -0.05) is 24.3 Å². The van der Waals surface area contributed by atoms with E-state index in [-0.39, 0.29) is 0 Å². The van der Waals surface area contributed by atoms with Crippen LogP contribution in [0.3, 0.4) is 0 Å². The molecule has 4 aromatic rings. The van der Waals surface area contributed by atoms with Crippen molar-refractivity contribution in [2.24, 2.45) is 7.05 Å². The molecule has 0 spiro atoms. The molecule has 88 valence electrons. The van der Waals surface area contributed by atoms with E-state index in [9.17, 15) is 0 Å². The summed E-state index contributed by atoms with van der Waals surface area (Å²) in [5.41, 5.74) is 6.39. The highest BCUT2D eigenvalue weighted by Gasteiger charge is 2.11. The molecular formula is C16H14N2. The van der Waals surface area contributed by atoms with Crippen LogP contribution in [0.4, 0.5) is 0 Å². The highest BCUT2D eigenvalue weighted by molar-refractivity contribution is 5.94. The van der Waals surface area contributed by atoms with Crippen LogP contribution < -0.4 is 0 Å². The van der Waals surface area contributed by atoms with E-state index in [1.807, 2.05) is 0 Å². The monoisotopic (exact) mass is 234 g/mol. The minimum Gasteiger partial charge on any atom is -0.329 e. The molecule has 0 aliphatic carbocycles. The third-order valence-corrected chi connectivity index (χ3v) is 3.77. The Morgan fingerprint density at radius 1 is 0.833 bits per heavy atom. The number of aromatic nitrogens is 2. The highest BCUT2D eigenvalue weighted by atomic mass is 15.1. The fourth-order valence-corrected chi connectivity index (χ4v) is 2.86. The van der Waals surface area contributed by atoms with Crippen molar-refractivity contribution in [1.82, 2.24) is 8.97 Å². The van der Waals surface area contributed by atoms with Crippen LogP contribution in [0, 0.1) is 6.92 Å². The molecule has 2 heteroatoms. The Balaban J connectivity index is 2.37. The van der Waals surface area contributed by atoms with Crippen LogP contribution in [0.25, 0.3) is 27.6 Å². The smallest absolute Gasteiger partial charge is 0.118 e. The Morgan fingerprint density at radius 2 is 1.61 bits per heavy atom. The molecule has 2 aromatic heterocycles. The Hall–Kier alpha value is -2.22. The SMILES string of the molecule is Cc1ccc2cc3n(C)c4ccccc4n3c2c1. The average Bonchev–Trinajstić information content (AvgIpc) is 2.87. The van der Waals surface area contributed by atoms with Crippen LogP contribution in [0.2, 0.25) is 0 Å². The number of benzene rings is 2. The molecule has 0 atom stereocenters. The van der Waals surface area contributed by atoms with Crippen LogP contribution in [-0.4, -0.2) is 8.97 Å². The molecule has 4 rings (SSSR count). The molecule has 0 fully saturated rings. The van der Waals surface area contributed by atoms with Crippen molar-refractivity contribution in [2.45, 2.75) is 6.92 Å². The van der Waals surface area contributed by atoms with Crippen molar-refractivity contribution >= 4 is 27.6 Å². The molecule has 18 heavy (non-hydrogen) atoms. The van der Waals surface area contributed by atoms with Gasteiger partial charge in [0, 0.05) is 12.4 Å². The van der Waals surface area contributed by atoms with Gasteiger partial charge in [0.05, 0.1) is 16.6 Å². The number of fused-ring (bicyclic) bond motifs is 5. The molecule has 2 nitrogen and oxygen atoms in total. The first kappa shape index (κ1) is 9.77. The summed E-state index contributed by atoms with van der Waals surface area (Å²) in [4.78, 5) is 0. The first-order valence-electron chi connectivity index (χ1n) is 6.21. The lowest BCUT2D eigenvalue weighted by molar-refractivity contribution is 0.996. The van der Waals surface area contributed by atoms with Crippen LogP contribution >= 0.6 is 0 Å². The number of para-hydroxylation sites is 2. The van der Waals surface area contributed by atoms with E-state index < -0.39 is 0 Å². The third kappa shape index (κ3) is 1.07. The quantitative estimate of drug-likeness (QED) is 0.436. The highest BCUT2D eigenvalue weighted by Crippen LogP contribution is 2.28. The zero-order chi connectivity index (χ0) is 12.3. The van der Waals surface area contributed by atoms with Crippen molar-refractivity contribution in [3.05, 3.63) is 54.1 Å². The van der Waals surface area contributed by atoms with Gasteiger partial charge in [-0.15, -0.1) is 0 Å². The molecule has 0 bridgehead atoms. The number of nitrogens with zero attached hydrogens (tertiary/aromatic N) is 2. The maximum absolute atomic E-state index is 2.34. The van der Waals surface area contributed by atoms with Gasteiger partial charge in [-0.05, 0) is 36.8 Å².